The zero-order valence-corrected chi connectivity index (χ0v) is 13.7. The normalized spacial score (nSPS) is 12.1. The summed E-state index contributed by atoms with van der Waals surface area (Å²) in [6.07, 6.45) is -0.126. The number of hydrogen-bond acceptors (Lipinski definition) is 2. The summed E-state index contributed by atoms with van der Waals surface area (Å²) in [4.78, 5) is 12.2. The van der Waals surface area contributed by atoms with Gasteiger partial charge in [-0.2, -0.15) is 0 Å². The fourth-order valence-electron chi connectivity index (χ4n) is 2.94. The highest BCUT2D eigenvalue weighted by atomic mass is 16.3. The van der Waals surface area contributed by atoms with Gasteiger partial charge in [0.15, 0.2) is 0 Å². The number of amides is 1. The maximum absolute atomic E-state index is 12.2. The second kappa shape index (κ2) is 7.28. The minimum Gasteiger partial charge on any atom is -0.388 e. The second-order valence-electron chi connectivity index (χ2n) is 5.94. The van der Waals surface area contributed by atoms with Crippen molar-refractivity contribution in [2.45, 2.75) is 19.4 Å². The van der Waals surface area contributed by atoms with Crippen molar-refractivity contribution in [3.8, 4) is 0 Å². The van der Waals surface area contributed by atoms with Gasteiger partial charge >= 0.3 is 0 Å². The Morgan fingerprint density at radius 2 is 1.71 bits per heavy atom. The van der Waals surface area contributed by atoms with E-state index in [1.54, 1.807) is 0 Å². The van der Waals surface area contributed by atoms with Gasteiger partial charge in [0.25, 0.3) is 5.91 Å². The number of benzene rings is 3. The Bertz CT molecular complexity index is 852. The van der Waals surface area contributed by atoms with Gasteiger partial charge in [0.1, 0.15) is 0 Å². The molecule has 0 aliphatic heterocycles. The van der Waals surface area contributed by atoms with Crippen molar-refractivity contribution in [2.75, 3.05) is 6.54 Å². The molecule has 0 heterocycles. The van der Waals surface area contributed by atoms with Crippen LogP contribution < -0.4 is 5.32 Å². The first-order valence-electron chi connectivity index (χ1n) is 8.16. The molecule has 0 aliphatic rings. The average molecular weight is 319 g/mol. The van der Waals surface area contributed by atoms with Crippen molar-refractivity contribution < 1.29 is 9.90 Å². The Morgan fingerprint density at radius 3 is 2.54 bits per heavy atom. The van der Waals surface area contributed by atoms with Crippen molar-refractivity contribution in [2.24, 2.45) is 0 Å². The Labute approximate surface area is 142 Å². The molecule has 0 bridgehead atoms. The van der Waals surface area contributed by atoms with E-state index in [1.165, 1.54) is 0 Å². The lowest BCUT2D eigenvalue weighted by molar-refractivity contribution is 0.0942. The summed E-state index contributed by atoms with van der Waals surface area (Å²) >= 11 is 0. The molecule has 24 heavy (non-hydrogen) atoms. The van der Waals surface area contributed by atoms with E-state index in [1.807, 2.05) is 73.7 Å². The predicted molar refractivity (Wildman–Crippen MR) is 97.0 cm³/mol. The van der Waals surface area contributed by atoms with Crippen molar-refractivity contribution in [3.63, 3.8) is 0 Å². The molecule has 0 spiro atoms. The Balaban J connectivity index is 1.64. The summed E-state index contributed by atoms with van der Waals surface area (Å²) in [7, 11) is 0. The quantitative estimate of drug-likeness (QED) is 0.747. The van der Waals surface area contributed by atoms with Crippen LogP contribution in [0.3, 0.4) is 0 Å². The van der Waals surface area contributed by atoms with Crippen LogP contribution in [0, 0.1) is 6.92 Å². The van der Waals surface area contributed by atoms with Gasteiger partial charge in [0.05, 0.1) is 6.10 Å². The molecule has 0 saturated carbocycles. The number of nitrogens with one attached hydrogen (secondary N) is 1. The highest BCUT2D eigenvalue weighted by molar-refractivity contribution is 5.95. The van der Waals surface area contributed by atoms with Crippen LogP contribution in [0.5, 0.6) is 0 Å². The lowest BCUT2D eigenvalue weighted by Crippen LogP contribution is -2.26. The number of carbonyl (C=O) groups is 1. The van der Waals surface area contributed by atoms with E-state index < -0.39 is 6.10 Å². The Hall–Kier alpha value is -2.65. The smallest absolute Gasteiger partial charge is 0.251 e. The van der Waals surface area contributed by atoms with Crippen LogP contribution >= 0.6 is 0 Å². The summed E-state index contributed by atoms with van der Waals surface area (Å²) in [6, 6.07) is 21.4. The van der Waals surface area contributed by atoms with E-state index in [4.69, 9.17) is 0 Å². The van der Waals surface area contributed by atoms with Gasteiger partial charge in [0.2, 0.25) is 0 Å². The summed E-state index contributed by atoms with van der Waals surface area (Å²) < 4.78 is 0. The first-order valence-corrected chi connectivity index (χ1v) is 8.16. The molecule has 0 fully saturated rings. The summed E-state index contributed by atoms with van der Waals surface area (Å²) in [6.45, 7) is 2.34. The largest absolute Gasteiger partial charge is 0.388 e. The standard InChI is InChI=1S/C21H21NO2/c1-15-7-2-4-10-17(15)21(24)22-14-13-20(23)19-12-6-9-16-8-3-5-11-18(16)19/h2-12,20,23H,13-14H2,1H3,(H,22,24). The first-order chi connectivity index (χ1) is 11.7. The summed E-state index contributed by atoms with van der Waals surface area (Å²) in [5, 5.41) is 15.6. The number of carbonyl (C=O) groups excluding carboxylic acids is 1. The van der Waals surface area contributed by atoms with Crippen molar-refractivity contribution in [3.05, 3.63) is 83.4 Å². The molecule has 3 heteroatoms. The Kier molecular flexibility index (Phi) is 4.92. The highest BCUT2D eigenvalue weighted by Gasteiger charge is 2.12. The zero-order chi connectivity index (χ0) is 16.9. The van der Waals surface area contributed by atoms with E-state index in [-0.39, 0.29) is 5.91 Å². The molecule has 122 valence electrons. The minimum absolute atomic E-state index is 0.0989. The van der Waals surface area contributed by atoms with Gasteiger partial charge < -0.3 is 10.4 Å². The molecule has 2 N–H and O–H groups in total. The molecule has 3 aromatic rings. The molecule has 1 atom stereocenters. The van der Waals surface area contributed by atoms with E-state index in [9.17, 15) is 9.90 Å². The van der Waals surface area contributed by atoms with Crippen LogP contribution in [0.2, 0.25) is 0 Å². The molecule has 3 nitrogen and oxygen atoms in total. The highest BCUT2D eigenvalue weighted by Crippen LogP contribution is 2.25. The summed E-state index contributed by atoms with van der Waals surface area (Å²) in [5.74, 6) is -0.0989. The van der Waals surface area contributed by atoms with Crippen LogP contribution in [-0.4, -0.2) is 17.6 Å². The maximum Gasteiger partial charge on any atom is 0.251 e. The van der Waals surface area contributed by atoms with Crippen LogP contribution in [0.25, 0.3) is 10.8 Å². The lowest BCUT2D eigenvalue weighted by Gasteiger charge is -2.14. The predicted octanol–water partition coefficient (Wildman–Crippen LogP) is 4.00. The molecule has 3 rings (SSSR count). The fourth-order valence-corrected chi connectivity index (χ4v) is 2.94. The number of fused-ring (bicyclic) bond motifs is 1. The lowest BCUT2D eigenvalue weighted by atomic mass is 9.99. The third-order valence-electron chi connectivity index (χ3n) is 4.28. The molecule has 0 radical (unpaired) electrons. The van der Waals surface area contributed by atoms with Gasteiger partial charge in [-0.15, -0.1) is 0 Å². The number of hydrogen-bond donors (Lipinski definition) is 2. The molecule has 0 aromatic heterocycles. The molecule has 3 aromatic carbocycles. The topological polar surface area (TPSA) is 49.3 Å². The monoisotopic (exact) mass is 319 g/mol. The van der Waals surface area contributed by atoms with E-state index in [2.05, 4.69) is 5.32 Å². The molecular formula is C21H21NO2. The van der Waals surface area contributed by atoms with Gasteiger partial charge in [-0.25, -0.2) is 0 Å². The molecule has 0 saturated heterocycles. The number of aliphatic hydroxyl groups is 1. The van der Waals surface area contributed by atoms with Crippen LogP contribution in [-0.2, 0) is 0 Å². The molecule has 1 unspecified atom stereocenters. The van der Waals surface area contributed by atoms with Crippen LogP contribution in [0.4, 0.5) is 0 Å². The van der Waals surface area contributed by atoms with Crippen molar-refractivity contribution in [1.29, 1.82) is 0 Å². The van der Waals surface area contributed by atoms with Crippen molar-refractivity contribution >= 4 is 16.7 Å². The average Bonchev–Trinajstić information content (AvgIpc) is 2.61. The van der Waals surface area contributed by atoms with E-state index in [0.29, 0.717) is 18.5 Å². The number of aryl methyl sites for hydroxylation is 1. The van der Waals surface area contributed by atoms with Gasteiger partial charge in [-0.05, 0) is 41.3 Å². The third-order valence-corrected chi connectivity index (χ3v) is 4.28. The third kappa shape index (κ3) is 3.47. The molecule has 0 aliphatic carbocycles. The van der Waals surface area contributed by atoms with Crippen molar-refractivity contribution in [1.82, 2.24) is 5.32 Å². The van der Waals surface area contributed by atoms with Gasteiger partial charge in [0, 0.05) is 12.1 Å². The molecule has 1 amide bonds. The molecular weight excluding hydrogens is 298 g/mol. The first kappa shape index (κ1) is 16.2. The van der Waals surface area contributed by atoms with Crippen LogP contribution in [0.15, 0.2) is 66.7 Å². The zero-order valence-electron chi connectivity index (χ0n) is 13.7. The van der Waals surface area contributed by atoms with E-state index in [0.717, 1.165) is 21.9 Å². The number of aliphatic hydroxyl groups excluding tert-OH is 1. The van der Waals surface area contributed by atoms with Gasteiger partial charge in [-0.1, -0.05) is 60.7 Å². The second-order valence-corrected chi connectivity index (χ2v) is 5.94. The maximum atomic E-state index is 12.2. The minimum atomic E-state index is -0.603. The Morgan fingerprint density at radius 1 is 1.00 bits per heavy atom. The van der Waals surface area contributed by atoms with Gasteiger partial charge in [-0.3, -0.25) is 4.79 Å². The summed E-state index contributed by atoms with van der Waals surface area (Å²) in [5.41, 5.74) is 2.53. The number of rotatable bonds is 5. The van der Waals surface area contributed by atoms with E-state index >= 15 is 0 Å². The fraction of sp³-hybridized carbons (Fsp3) is 0.190. The van der Waals surface area contributed by atoms with Crippen LogP contribution in [0.1, 0.15) is 34.0 Å². The SMILES string of the molecule is Cc1ccccc1C(=O)NCCC(O)c1cccc2ccccc12.